The molecule has 3 aromatic carbocycles. The molecule has 1 amide bonds. The molecule has 0 aliphatic heterocycles. The molecule has 0 fully saturated rings. The molecule has 0 atom stereocenters. The Morgan fingerprint density at radius 2 is 1.76 bits per heavy atom. The fourth-order valence-electron chi connectivity index (χ4n) is 4.10. The van der Waals surface area contributed by atoms with Gasteiger partial charge in [0.05, 0.1) is 5.52 Å². The zero-order valence-corrected chi connectivity index (χ0v) is 19.8. The molecule has 164 valence electrons. The molecule has 3 nitrogen and oxygen atoms in total. The van der Waals surface area contributed by atoms with Gasteiger partial charge in [-0.25, -0.2) is 0 Å². The number of rotatable bonds is 6. The number of nitrogens with one attached hydrogen (secondary N) is 1. The second-order valence-electron chi connectivity index (χ2n) is 8.01. The van der Waals surface area contributed by atoms with Crippen LogP contribution in [0.4, 0.5) is 0 Å². The van der Waals surface area contributed by atoms with Crippen molar-refractivity contribution < 1.29 is 4.79 Å². The fraction of sp³-hybridized carbons (Fsp3) is 0.143. The predicted octanol–water partition coefficient (Wildman–Crippen LogP) is 7.30. The van der Waals surface area contributed by atoms with Gasteiger partial charge in [-0.2, -0.15) is 0 Å². The fourth-order valence-corrected chi connectivity index (χ4v) is 5.51. The van der Waals surface area contributed by atoms with E-state index in [2.05, 4.69) is 53.6 Å². The van der Waals surface area contributed by atoms with Gasteiger partial charge >= 0.3 is 0 Å². The lowest BCUT2D eigenvalue weighted by molar-refractivity contribution is 0.0959. The number of halogens is 1. The van der Waals surface area contributed by atoms with Gasteiger partial charge in [-0.05, 0) is 47.7 Å². The minimum Gasteiger partial charge on any atom is -0.351 e. The van der Waals surface area contributed by atoms with Crippen molar-refractivity contribution in [2.45, 2.75) is 19.8 Å². The van der Waals surface area contributed by atoms with Gasteiger partial charge in [0.2, 0.25) is 0 Å². The number of nitrogens with zero attached hydrogens (tertiary/aromatic N) is 1. The van der Waals surface area contributed by atoms with E-state index in [1.165, 1.54) is 22.5 Å². The second-order valence-corrected chi connectivity index (χ2v) is 9.47. The smallest absolute Gasteiger partial charge is 0.262 e. The number of benzene rings is 3. The first kappa shape index (κ1) is 21.6. The average Bonchev–Trinajstić information content (AvgIpc) is 3.25. The molecule has 1 N–H and O–H groups in total. The summed E-state index contributed by atoms with van der Waals surface area (Å²) in [5.41, 5.74) is 5.30. The van der Waals surface area contributed by atoms with Crippen LogP contribution in [0.25, 0.3) is 32.1 Å². The molecule has 0 saturated carbocycles. The number of hydrogen-bond donors (Lipinski definition) is 1. The van der Waals surface area contributed by atoms with Crippen LogP contribution >= 0.6 is 22.9 Å². The monoisotopic (exact) mass is 470 g/mol. The molecule has 0 saturated heterocycles. The van der Waals surface area contributed by atoms with Gasteiger partial charge in [-0.1, -0.05) is 73.1 Å². The molecule has 5 rings (SSSR count). The van der Waals surface area contributed by atoms with Crippen molar-refractivity contribution in [2.75, 3.05) is 6.54 Å². The molecule has 0 unspecified atom stereocenters. The molecule has 0 aliphatic rings. The van der Waals surface area contributed by atoms with E-state index >= 15 is 0 Å². The summed E-state index contributed by atoms with van der Waals surface area (Å²) >= 11 is 7.81. The third-order valence-corrected chi connectivity index (χ3v) is 7.35. The van der Waals surface area contributed by atoms with Crippen LogP contribution in [0.3, 0.4) is 0 Å². The largest absolute Gasteiger partial charge is 0.351 e. The normalized spacial score (nSPS) is 11.2. The van der Waals surface area contributed by atoms with Crippen LogP contribution in [0.1, 0.15) is 27.7 Å². The Kier molecular flexibility index (Phi) is 6.12. The zero-order chi connectivity index (χ0) is 22.8. The SMILES string of the molecule is CCc1ccc(-c2c(C(=O)NCCc3ccccc3)sc3c2cnc2ccc(Cl)cc23)cc1. The summed E-state index contributed by atoms with van der Waals surface area (Å²) in [5, 5.41) is 5.74. The number of thiophene rings is 1. The van der Waals surface area contributed by atoms with E-state index in [1.807, 2.05) is 42.6 Å². The van der Waals surface area contributed by atoms with Crippen LogP contribution in [0.15, 0.2) is 79.0 Å². The number of carbonyl (C=O) groups excluding carboxylic acids is 1. The summed E-state index contributed by atoms with van der Waals surface area (Å²) in [6, 6.07) is 24.3. The third kappa shape index (κ3) is 4.37. The molecule has 0 spiro atoms. The molecule has 0 bridgehead atoms. The Hall–Kier alpha value is -3.21. The molecule has 0 radical (unpaired) electrons. The van der Waals surface area contributed by atoms with Gasteiger partial charge < -0.3 is 5.32 Å². The maximum atomic E-state index is 13.4. The van der Waals surface area contributed by atoms with E-state index in [0.29, 0.717) is 16.4 Å². The van der Waals surface area contributed by atoms with Crippen LogP contribution in [0, 0.1) is 0 Å². The van der Waals surface area contributed by atoms with Crippen LogP contribution in [0.2, 0.25) is 5.02 Å². The summed E-state index contributed by atoms with van der Waals surface area (Å²) in [7, 11) is 0. The molecule has 5 heteroatoms. The first-order valence-electron chi connectivity index (χ1n) is 11.1. The lowest BCUT2D eigenvalue weighted by atomic mass is 9.99. The summed E-state index contributed by atoms with van der Waals surface area (Å²) in [6.07, 6.45) is 3.65. The predicted molar refractivity (Wildman–Crippen MR) is 139 cm³/mol. The number of carbonyl (C=O) groups is 1. The second kappa shape index (κ2) is 9.34. The number of hydrogen-bond acceptors (Lipinski definition) is 3. The standard InChI is InChI=1S/C28H23ClN2OS/c1-2-18-8-10-20(11-9-18)25-23-17-31-24-13-12-21(29)16-22(24)26(23)33-27(25)28(32)30-15-14-19-6-4-3-5-7-19/h3-13,16-17H,2,14-15H2,1H3,(H,30,32). The van der Waals surface area contributed by atoms with E-state index in [1.54, 1.807) is 0 Å². The highest BCUT2D eigenvalue weighted by Gasteiger charge is 2.21. The van der Waals surface area contributed by atoms with E-state index in [9.17, 15) is 4.79 Å². The number of aryl methyl sites for hydroxylation is 1. The molecular formula is C28H23ClN2OS. The lowest BCUT2D eigenvalue weighted by Gasteiger charge is -2.08. The highest BCUT2D eigenvalue weighted by molar-refractivity contribution is 7.22. The van der Waals surface area contributed by atoms with Crippen molar-refractivity contribution in [1.29, 1.82) is 0 Å². The number of pyridine rings is 1. The van der Waals surface area contributed by atoms with Crippen molar-refractivity contribution in [1.82, 2.24) is 10.3 Å². The molecule has 33 heavy (non-hydrogen) atoms. The van der Waals surface area contributed by atoms with E-state index in [-0.39, 0.29) is 5.91 Å². The summed E-state index contributed by atoms with van der Waals surface area (Å²) in [5.74, 6) is -0.0584. The summed E-state index contributed by atoms with van der Waals surface area (Å²) in [6.45, 7) is 2.72. The highest BCUT2D eigenvalue weighted by Crippen LogP contribution is 2.42. The zero-order valence-electron chi connectivity index (χ0n) is 18.3. The van der Waals surface area contributed by atoms with Crippen LogP contribution in [-0.2, 0) is 12.8 Å². The van der Waals surface area contributed by atoms with Crippen molar-refractivity contribution in [3.63, 3.8) is 0 Å². The van der Waals surface area contributed by atoms with Crippen LogP contribution in [0.5, 0.6) is 0 Å². The van der Waals surface area contributed by atoms with Crippen molar-refractivity contribution >= 4 is 49.8 Å². The van der Waals surface area contributed by atoms with Gasteiger partial charge in [-0.3, -0.25) is 9.78 Å². The molecule has 0 aliphatic carbocycles. The molecule has 2 aromatic heterocycles. The van der Waals surface area contributed by atoms with Gasteiger partial charge in [0.15, 0.2) is 0 Å². The number of amides is 1. The highest BCUT2D eigenvalue weighted by atomic mass is 35.5. The quantitative estimate of drug-likeness (QED) is 0.283. The maximum Gasteiger partial charge on any atom is 0.262 e. The minimum absolute atomic E-state index is 0.0584. The summed E-state index contributed by atoms with van der Waals surface area (Å²) in [4.78, 5) is 18.7. The lowest BCUT2D eigenvalue weighted by Crippen LogP contribution is -2.25. The van der Waals surface area contributed by atoms with Crippen molar-refractivity contribution in [3.8, 4) is 11.1 Å². The molecular weight excluding hydrogens is 448 g/mol. The number of aromatic nitrogens is 1. The topological polar surface area (TPSA) is 42.0 Å². The number of fused-ring (bicyclic) bond motifs is 3. The summed E-state index contributed by atoms with van der Waals surface area (Å²) < 4.78 is 1.03. The molecule has 5 aromatic rings. The third-order valence-electron chi connectivity index (χ3n) is 5.88. The van der Waals surface area contributed by atoms with Gasteiger partial charge in [-0.15, -0.1) is 11.3 Å². The van der Waals surface area contributed by atoms with E-state index in [0.717, 1.165) is 45.0 Å². The first-order valence-corrected chi connectivity index (χ1v) is 12.3. The Labute approximate surface area is 202 Å². The Bertz CT molecular complexity index is 1440. The molecule has 2 heterocycles. The average molecular weight is 471 g/mol. The van der Waals surface area contributed by atoms with E-state index < -0.39 is 0 Å². The van der Waals surface area contributed by atoms with Crippen LogP contribution < -0.4 is 5.32 Å². The minimum atomic E-state index is -0.0584. The van der Waals surface area contributed by atoms with Crippen molar-refractivity contribution in [2.24, 2.45) is 0 Å². The first-order chi connectivity index (χ1) is 16.1. The Morgan fingerprint density at radius 1 is 0.970 bits per heavy atom. The van der Waals surface area contributed by atoms with Gasteiger partial charge in [0.25, 0.3) is 5.91 Å². The van der Waals surface area contributed by atoms with E-state index in [4.69, 9.17) is 11.6 Å². The maximum absolute atomic E-state index is 13.4. The Balaban J connectivity index is 1.58. The van der Waals surface area contributed by atoms with Gasteiger partial charge in [0, 0.05) is 38.8 Å². The van der Waals surface area contributed by atoms with Crippen molar-refractivity contribution in [3.05, 3.63) is 100 Å². The Morgan fingerprint density at radius 3 is 2.52 bits per heavy atom. The van der Waals surface area contributed by atoms with Crippen LogP contribution in [-0.4, -0.2) is 17.4 Å². The van der Waals surface area contributed by atoms with Gasteiger partial charge in [0.1, 0.15) is 4.88 Å².